The van der Waals surface area contributed by atoms with Gasteiger partial charge in [-0.15, -0.1) is 0 Å². The van der Waals surface area contributed by atoms with Gasteiger partial charge in [0.15, 0.2) is 11.7 Å². The van der Waals surface area contributed by atoms with Gasteiger partial charge in [-0.05, 0) is 38.1 Å². The number of aromatic nitrogens is 1. The van der Waals surface area contributed by atoms with Crippen LogP contribution in [0.25, 0.3) is 0 Å². The minimum atomic E-state index is 0. The number of aliphatic imine (C=N–C) groups is 4. The molecule has 2 aliphatic heterocycles. The van der Waals surface area contributed by atoms with Crippen molar-refractivity contribution in [2.45, 2.75) is 25.9 Å². The molecule has 3 heterocycles. The minimum absolute atomic E-state index is 0. The van der Waals surface area contributed by atoms with E-state index < -0.39 is 0 Å². The summed E-state index contributed by atoms with van der Waals surface area (Å²) in [6.45, 7) is 4.14. The van der Waals surface area contributed by atoms with Gasteiger partial charge in [-0.2, -0.15) is 0 Å². The second kappa shape index (κ2) is 10.5. The first-order chi connectivity index (χ1) is 12.7. The van der Waals surface area contributed by atoms with Gasteiger partial charge in [-0.25, -0.2) is 15.0 Å². The molecule has 0 fully saturated rings. The molecule has 1 aromatic heterocycles. The van der Waals surface area contributed by atoms with E-state index in [1.807, 2.05) is 30.4 Å². The van der Waals surface area contributed by atoms with Crippen LogP contribution in [0.3, 0.4) is 0 Å². The number of hydrogen-bond acceptors (Lipinski definition) is 5. The summed E-state index contributed by atoms with van der Waals surface area (Å²) in [5.74, 6) is 1.34. The van der Waals surface area contributed by atoms with Gasteiger partial charge in [0.05, 0.1) is 11.4 Å². The number of fused-ring (bicyclic) bond motifs is 2. The topological polar surface area (TPSA) is 62.3 Å². The summed E-state index contributed by atoms with van der Waals surface area (Å²) in [5, 5.41) is 0. The number of amidine groups is 2. The van der Waals surface area contributed by atoms with Crippen molar-refractivity contribution in [3.05, 3.63) is 77.2 Å². The van der Waals surface area contributed by atoms with E-state index in [0.717, 1.165) is 22.8 Å². The Bertz CT molecular complexity index is 999. The number of allylic oxidation sites excluding steroid dienone is 4. The fourth-order valence-corrected chi connectivity index (χ4v) is 3.32. The van der Waals surface area contributed by atoms with E-state index in [-0.39, 0.29) is 66.1 Å². The molecule has 2 aliphatic carbocycles. The van der Waals surface area contributed by atoms with E-state index in [9.17, 15) is 0 Å². The molecule has 2 atom stereocenters. The summed E-state index contributed by atoms with van der Waals surface area (Å²) >= 11 is 0. The van der Waals surface area contributed by atoms with Gasteiger partial charge in [0.25, 0.3) is 0 Å². The Morgan fingerprint density at radius 3 is 1.53 bits per heavy atom. The molecule has 0 saturated carbocycles. The van der Waals surface area contributed by atoms with Crippen LogP contribution in [0.1, 0.15) is 25.2 Å². The predicted octanol–water partition coefficient (Wildman–Crippen LogP) is -5.74. The Kier molecular flexibility index (Phi) is 9.14. The molecular weight excluding hydrogens is 488 g/mol. The van der Waals surface area contributed by atoms with Gasteiger partial charge < -0.3 is 37.2 Å². The van der Waals surface area contributed by atoms with Crippen LogP contribution in [0.2, 0.25) is 0 Å². The zero-order chi connectivity index (χ0) is 17.7. The first kappa shape index (κ1) is 26.2. The Morgan fingerprint density at radius 1 is 0.667 bits per heavy atom. The molecule has 0 radical (unpaired) electrons. The third-order valence-corrected chi connectivity index (χ3v) is 4.68. The zero-order valence-corrected chi connectivity index (χ0v) is 19.4. The molecule has 4 aliphatic rings. The third-order valence-electron chi connectivity index (χ3n) is 4.68. The maximum Gasteiger partial charge on any atom is 3.00 e. The van der Waals surface area contributed by atoms with Gasteiger partial charge >= 0.3 is 16.8 Å². The largest absolute Gasteiger partial charge is 3.00 e. The van der Waals surface area contributed by atoms with Crippen molar-refractivity contribution in [1.29, 1.82) is 0 Å². The van der Waals surface area contributed by atoms with E-state index >= 15 is 0 Å². The van der Waals surface area contributed by atoms with Crippen molar-refractivity contribution in [2.75, 3.05) is 0 Å². The number of hydrogen-bond donors (Lipinski definition) is 0. The molecule has 0 bridgehead atoms. The van der Waals surface area contributed by atoms with Crippen LogP contribution in [0, 0.1) is 0 Å². The Balaban J connectivity index is 0.00000112. The SMILES string of the molecule is CC1=CC2N=C(c3cccc(C4=NC5C=C(C)C=CC5=N4)n3)N=C2C=C1.[Cl-].[Cl-].[Cl-].[Co+3]. The first-order valence-electron chi connectivity index (χ1n) is 8.69. The molecule has 5 nitrogen and oxygen atoms in total. The van der Waals surface area contributed by atoms with Crippen molar-refractivity contribution in [3.8, 4) is 0 Å². The Hall–Kier alpha value is -1.83. The van der Waals surface area contributed by atoms with Crippen LogP contribution in [0.5, 0.6) is 0 Å². The van der Waals surface area contributed by atoms with E-state index in [4.69, 9.17) is 15.0 Å². The van der Waals surface area contributed by atoms with Crippen LogP contribution in [0.15, 0.2) is 85.8 Å². The Labute approximate surface area is 204 Å². The summed E-state index contributed by atoms with van der Waals surface area (Å²) in [4.78, 5) is 23.4. The zero-order valence-electron chi connectivity index (χ0n) is 16.1. The van der Waals surface area contributed by atoms with E-state index in [2.05, 4.69) is 48.1 Å². The number of halogens is 3. The molecule has 0 aromatic carbocycles. The van der Waals surface area contributed by atoms with E-state index in [0.29, 0.717) is 11.7 Å². The number of pyridine rings is 1. The van der Waals surface area contributed by atoms with Gasteiger partial charge in [-0.1, -0.05) is 41.5 Å². The average molecular weight is 505 g/mol. The van der Waals surface area contributed by atoms with Crippen LogP contribution in [-0.2, 0) is 16.8 Å². The van der Waals surface area contributed by atoms with Crippen molar-refractivity contribution in [1.82, 2.24) is 4.98 Å². The fourth-order valence-electron chi connectivity index (χ4n) is 3.32. The van der Waals surface area contributed by atoms with Crippen molar-refractivity contribution < 1.29 is 54.0 Å². The van der Waals surface area contributed by atoms with Crippen LogP contribution in [-0.4, -0.2) is 40.2 Å². The molecule has 156 valence electrons. The smallest absolute Gasteiger partial charge is 1.00 e. The van der Waals surface area contributed by atoms with Gasteiger partial charge in [-0.3, -0.25) is 9.98 Å². The quantitative estimate of drug-likeness (QED) is 0.396. The maximum absolute atomic E-state index is 4.73. The fraction of sp³-hybridized carbons (Fsp3) is 0.190. The standard InChI is InChI=1S/C21H17N5.3ClH.Co/c1-12-6-8-14-18(10-12)25-20(23-14)16-4-3-5-17(22-16)21-24-15-9-7-13(2)11-19(15)26-21;;;;/h3-11,18-19H,1-2H3;3*1H;/q;;;;+3/p-3. The van der Waals surface area contributed by atoms with Crippen LogP contribution >= 0.6 is 0 Å². The van der Waals surface area contributed by atoms with Crippen molar-refractivity contribution in [2.24, 2.45) is 20.0 Å². The normalized spacial score (nSPS) is 22.2. The van der Waals surface area contributed by atoms with Crippen LogP contribution < -0.4 is 37.2 Å². The number of rotatable bonds is 2. The average Bonchev–Trinajstić information content (AvgIpc) is 3.25. The summed E-state index contributed by atoms with van der Waals surface area (Å²) in [6, 6.07) is 5.84. The molecule has 0 N–H and O–H groups in total. The van der Waals surface area contributed by atoms with E-state index in [1.54, 1.807) is 0 Å². The summed E-state index contributed by atoms with van der Waals surface area (Å²) in [6.07, 6.45) is 12.4. The maximum atomic E-state index is 4.73. The molecule has 9 heteroatoms. The van der Waals surface area contributed by atoms with Crippen molar-refractivity contribution in [3.63, 3.8) is 0 Å². The van der Waals surface area contributed by atoms with Gasteiger partial charge in [0.1, 0.15) is 23.5 Å². The third kappa shape index (κ3) is 4.90. The molecular formula is C21H17Cl3CoN5. The van der Waals surface area contributed by atoms with E-state index in [1.165, 1.54) is 11.1 Å². The molecule has 5 rings (SSSR count). The van der Waals surface area contributed by atoms with Gasteiger partial charge in [0.2, 0.25) is 0 Å². The first-order valence-corrected chi connectivity index (χ1v) is 8.69. The van der Waals surface area contributed by atoms with Gasteiger partial charge in [0, 0.05) is 0 Å². The van der Waals surface area contributed by atoms with Crippen molar-refractivity contribution >= 4 is 23.1 Å². The minimum Gasteiger partial charge on any atom is -1.00 e. The summed E-state index contributed by atoms with van der Waals surface area (Å²) in [5.41, 5.74) is 5.85. The monoisotopic (exact) mass is 503 g/mol. The number of nitrogens with zero attached hydrogens (tertiary/aromatic N) is 5. The molecule has 30 heavy (non-hydrogen) atoms. The molecule has 0 spiro atoms. The van der Waals surface area contributed by atoms with Crippen LogP contribution in [0.4, 0.5) is 0 Å². The molecule has 2 unspecified atom stereocenters. The second-order valence-corrected chi connectivity index (χ2v) is 6.76. The second-order valence-electron chi connectivity index (χ2n) is 6.76. The molecule has 0 saturated heterocycles. The molecule has 0 amide bonds. The Morgan fingerprint density at radius 2 is 1.10 bits per heavy atom. The molecule has 1 aromatic rings. The summed E-state index contributed by atoms with van der Waals surface area (Å²) < 4.78 is 0. The predicted molar refractivity (Wildman–Crippen MR) is 106 cm³/mol. The summed E-state index contributed by atoms with van der Waals surface area (Å²) in [7, 11) is 0.